The van der Waals surface area contributed by atoms with Gasteiger partial charge in [-0.2, -0.15) is 0 Å². The van der Waals surface area contributed by atoms with Gasteiger partial charge in [-0.1, -0.05) is 13.8 Å². The predicted octanol–water partition coefficient (Wildman–Crippen LogP) is 4.12. The van der Waals surface area contributed by atoms with E-state index in [4.69, 9.17) is 0 Å². The van der Waals surface area contributed by atoms with Gasteiger partial charge in [-0.3, -0.25) is 0 Å². The van der Waals surface area contributed by atoms with Crippen molar-refractivity contribution in [1.82, 2.24) is 4.90 Å². The summed E-state index contributed by atoms with van der Waals surface area (Å²) >= 11 is 1.87. The number of amides is 2. The molecule has 1 saturated heterocycles. The first-order valence-corrected chi connectivity index (χ1v) is 9.35. The fraction of sp³-hybridized carbons (Fsp3) is 0.611. The number of aryl methyl sites for hydroxylation is 1. The standard InChI is InChI=1S/C18H28N2O2S/c1-4-14(3)23-16-5-6-17(13(2)11-16)19-18(22)20-9-7-15(12-21)8-10-20/h5-6,11,14-15,21H,4,7-10,12H2,1-3H3,(H,19,22)/t14-/m1/s1. The van der Waals surface area contributed by atoms with Crippen LogP contribution in [0.2, 0.25) is 0 Å². The molecule has 0 aliphatic carbocycles. The molecule has 0 aromatic heterocycles. The normalized spacial score (nSPS) is 17.1. The Morgan fingerprint density at radius 1 is 1.43 bits per heavy atom. The molecule has 1 aliphatic rings. The maximum Gasteiger partial charge on any atom is 0.321 e. The molecule has 0 bridgehead atoms. The minimum absolute atomic E-state index is 0.0354. The number of nitrogens with zero attached hydrogens (tertiary/aromatic N) is 1. The fourth-order valence-corrected chi connectivity index (χ4v) is 3.70. The second kappa shape index (κ2) is 8.60. The van der Waals surface area contributed by atoms with Gasteiger partial charge in [-0.05, 0) is 55.9 Å². The van der Waals surface area contributed by atoms with Crippen LogP contribution in [0.4, 0.5) is 10.5 Å². The monoisotopic (exact) mass is 336 g/mol. The molecule has 23 heavy (non-hydrogen) atoms. The van der Waals surface area contributed by atoms with E-state index in [0.29, 0.717) is 11.2 Å². The van der Waals surface area contributed by atoms with Crippen molar-refractivity contribution < 1.29 is 9.90 Å². The number of hydrogen-bond acceptors (Lipinski definition) is 3. The van der Waals surface area contributed by atoms with Crippen LogP contribution >= 0.6 is 11.8 Å². The number of urea groups is 1. The molecule has 128 valence electrons. The number of likely N-dealkylation sites (tertiary alicyclic amines) is 1. The molecular formula is C18H28N2O2S. The summed E-state index contributed by atoms with van der Waals surface area (Å²) in [5, 5.41) is 12.8. The Kier molecular flexibility index (Phi) is 6.78. The number of piperidine rings is 1. The SMILES string of the molecule is CC[C@@H](C)Sc1ccc(NC(=O)N2CCC(CO)CC2)c(C)c1. The van der Waals surface area contributed by atoms with Crippen LogP contribution in [0.15, 0.2) is 23.1 Å². The van der Waals surface area contributed by atoms with Crippen molar-refractivity contribution in [2.45, 2.75) is 50.2 Å². The lowest BCUT2D eigenvalue weighted by Crippen LogP contribution is -2.41. The van der Waals surface area contributed by atoms with Crippen LogP contribution in [-0.4, -0.2) is 41.0 Å². The van der Waals surface area contributed by atoms with E-state index in [2.05, 4.69) is 31.3 Å². The van der Waals surface area contributed by atoms with E-state index in [9.17, 15) is 9.90 Å². The van der Waals surface area contributed by atoms with E-state index in [1.165, 1.54) is 4.90 Å². The van der Waals surface area contributed by atoms with Crippen molar-refractivity contribution in [3.05, 3.63) is 23.8 Å². The van der Waals surface area contributed by atoms with E-state index in [1.807, 2.05) is 29.7 Å². The zero-order valence-electron chi connectivity index (χ0n) is 14.3. The molecule has 1 heterocycles. The first-order valence-electron chi connectivity index (χ1n) is 8.47. The van der Waals surface area contributed by atoms with Gasteiger partial charge in [0.15, 0.2) is 0 Å². The van der Waals surface area contributed by atoms with Crippen molar-refractivity contribution in [3.8, 4) is 0 Å². The van der Waals surface area contributed by atoms with Gasteiger partial charge < -0.3 is 15.3 Å². The highest BCUT2D eigenvalue weighted by Crippen LogP contribution is 2.28. The highest BCUT2D eigenvalue weighted by atomic mass is 32.2. The Morgan fingerprint density at radius 2 is 2.13 bits per heavy atom. The van der Waals surface area contributed by atoms with Crippen LogP contribution in [0.25, 0.3) is 0 Å². The zero-order chi connectivity index (χ0) is 16.8. The number of rotatable bonds is 5. The highest BCUT2D eigenvalue weighted by Gasteiger charge is 2.22. The molecule has 4 nitrogen and oxygen atoms in total. The van der Waals surface area contributed by atoms with Crippen molar-refractivity contribution in [2.75, 3.05) is 25.0 Å². The Morgan fingerprint density at radius 3 is 2.70 bits per heavy atom. The summed E-state index contributed by atoms with van der Waals surface area (Å²) < 4.78 is 0. The molecule has 1 atom stereocenters. The Labute approximate surface area is 143 Å². The van der Waals surface area contributed by atoms with Crippen LogP contribution in [-0.2, 0) is 0 Å². The number of benzene rings is 1. The summed E-state index contributed by atoms with van der Waals surface area (Å²) in [5.41, 5.74) is 1.98. The van der Waals surface area contributed by atoms with Gasteiger partial charge in [-0.15, -0.1) is 11.8 Å². The first-order chi connectivity index (χ1) is 11.0. The van der Waals surface area contributed by atoms with Crippen molar-refractivity contribution in [2.24, 2.45) is 5.92 Å². The molecule has 2 rings (SSSR count). The fourth-order valence-electron chi connectivity index (χ4n) is 2.68. The van der Waals surface area contributed by atoms with Crippen LogP contribution in [0.3, 0.4) is 0 Å². The number of anilines is 1. The summed E-state index contributed by atoms with van der Waals surface area (Å²) in [6, 6.07) is 6.19. The summed E-state index contributed by atoms with van der Waals surface area (Å²) in [4.78, 5) is 15.5. The Hall–Kier alpha value is -1.20. The predicted molar refractivity (Wildman–Crippen MR) is 97.2 cm³/mol. The summed E-state index contributed by atoms with van der Waals surface area (Å²) in [5.74, 6) is 0.345. The van der Waals surface area contributed by atoms with E-state index >= 15 is 0 Å². The van der Waals surface area contributed by atoms with E-state index < -0.39 is 0 Å². The van der Waals surface area contributed by atoms with E-state index in [-0.39, 0.29) is 12.6 Å². The number of thioether (sulfide) groups is 1. The molecule has 0 unspecified atom stereocenters. The number of hydrogen-bond donors (Lipinski definition) is 2. The molecule has 1 fully saturated rings. The molecule has 1 aromatic carbocycles. The van der Waals surface area contributed by atoms with Crippen LogP contribution in [0.5, 0.6) is 0 Å². The quantitative estimate of drug-likeness (QED) is 0.795. The van der Waals surface area contributed by atoms with Gasteiger partial charge >= 0.3 is 6.03 Å². The maximum absolute atomic E-state index is 12.4. The van der Waals surface area contributed by atoms with Crippen LogP contribution in [0.1, 0.15) is 38.7 Å². The van der Waals surface area contributed by atoms with E-state index in [0.717, 1.165) is 43.6 Å². The van der Waals surface area contributed by atoms with Crippen molar-refractivity contribution >= 4 is 23.5 Å². The molecule has 2 amide bonds. The van der Waals surface area contributed by atoms with Gasteiger partial charge in [-0.25, -0.2) is 4.79 Å². The van der Waals surface area contributed by atoms with Gasteiger partial charge in [0, 0.05) is 35.5 Å². The summed E-state index contributed by atoms with van der Waals surface area (Å²) in [6.07, 6.45) is 2.91. The van der Waals surface area contributed by atoms with Crippen molar-refractivity contribution in [3.63, 3.8) is 0 Å². The maximum atomic E-state index is 12.4. The Bertz CT molecular complexity index is 528. The third-order valence-electron chi connectivity index (χ3n) is 4.51. The Balaban J connectivity index is 1.93. The smallest absolute Gasteiger partial charge is 0.321 e. The van der Waals surface area contributed by atoms with Gasteiger partial charge in [0.1, 0.15) is 0 Å². The number of aliphatic hydroxyl groups excluding tert-OH is 1. The van der Waals surface area contributed by atoms with E-state index in [1.54, 1.807) is 0 Å². The molecule has 1 aliphatic heterocycles. The first kappa shape index (κ1) is 18.1. The molecule has 0 spiro atoms. The second-order valence-corrected chi connectivity index (χ2v) is 7.87. The molecular weight excluding hydrogens is 308 g/mol. The molecule has 5 heteroatoms. The second-order valence-electron chi connectivity index (χ2n) is 6.36. The van der Waals surface area contributed by atoms with Crippen LogP contribution < -0.4 is 5.32 Å². The summed E-state index contributed by atoms with van der Waals surface area (Å²) in [6.45, 7) is 8.12. The zero-order valence-corrected chi connectivity index (χ0v) is 15.2. The topological polar surface area (TPSA) is 52.6 Å². The number of nitrogens with one attached hydrogen (secondary N) is 1. The number of carbonyl (C=O) groups excluding carboxylic acids is 1. The third kappa shape index (κ3) is 5.15. The average Bonchev–Trinajstić information content (AvgIpc) is 2.57. The lowest BCUT2D eigenvalue weighted by molar-refractivity contribution is 0.143. The summed E-state index contributed by atoms with van der Waals surface area (Å²) in [7, 11) is 0. The minimum atomic E-state index is -0.0354. The lowest BCUT2D eigenvalue weighted by Gasteiger charge is -2.31. The molecule has 0 saturated carbocycles. The number of aliphatic hydroxyl groups is 1. The van der Waals surface area contributed by atoms with Gasteiger partial charge in [0.05, 0.1) is 0 Å². The highest BCUT2D eigenvalue weighted by molar-refractivity contribution is 7.99. The van der Waals surface area contributed by atoms with Crippen LogP contribution in [0, 0.1) is 12.8 Å². The van der Waals surface area contributed by atoms with Gasteiger partial charge in [0.25, 0.3) is 0 Å². The molecule has 2 N–H and O–H groups in total. The third-order valence-corrected chi connectivity index (χ3v) is 5.77. The molecule has 0 radical (unpaired) electrons. The van der Waals surface area contributed by atoms with Gasteiger partial charge in [0.2, 0.25) is 0 Å². The molecule has 1 aromatic rings. The van der Waals surface area contributed by atoms with Crippen molar-refractivity contribution in [1.29, 1.82) is 0 Å². The average molecular weight is 337 g/mol. The minimum Gasteiger partial charge on any atom is -0.396 e. The lowest BCUT2D eigenvalue weighted by atomic mass is 9.98. The largest absolute Gasteiger partial charge is 0.396 e. The number of carbonyl (C=O) groups is 1.